The second-order valence-electron chi connectivity index (χ2n) is 3.87. The minimum absolute atomic E-state index is 0.409. The molecule has 2 aromatic rings. The van der Waals surface area contributed by atoms with Crippen LogP contribution in [0.3, 0.4) is 0 Å². The lowest BCUT2D eigenvalue weighted by molar-refractivity contribution is 0.530. The van der Waals surface area contributed by atoms with E-state index in [1.54, 1.807) is 18.1 Å². The SMILES string of the molecule is CCNC(CC)c1ccccc1Sc1ncns1. The Bertz CT molecular complexity index is 471. The summed E-state index contributed by atoms with van der Waals surface area (Å²) in [6, 6.07) is 8.93. The van der Waals surface area contributed by atoms with E-state index >= 15 is 0 Å². The number of nitrogens with one attached hydrogen (secondary N) is 1. The molecule has 1 unspecified atom stereocenters. The van der Waals surface area contributed by atoms with Crippen molar-refractivity contribution in [2.24, 2.45) is 0 Å². The van der Waals surface area contributed by atoms with Crippen LogP contribution in [0, 0.1) is 0 Å². The summed E-state index contributed by atoms with van der Waals surface area (Å²) in [6.07, 6.45) is 2.69. The van der Waals surface area contributed by atoms with Gasteiger partial charge in [0.25, 0.3) is 0 Å². The third-order valence-electron chi connectivity index (χ3n) is 2.69. The van der Waals surface area contributed by atoms with Gasteiger partial charge in [0.1, 0.15) is 6.33 Å². The van der Waals surface area contributed by atoms with E-state index in [-0.39, 0.29) is 0 Å². The molecule has 1 aromatic heterocycles. The van der Waals surface area contributed by atoms with Gasteiger partial charge in [-0.25, -0.2) is 4.98 Å². The Morgan fingerprint density at radius 1 is 1.33 bits per heavy atom. The van der Waals surface area contributed by atoms with E-state index in [1.807, 2.05) is 0 Å². The summed E-state index contributed by atoms with van der Waals surface area (Å²) in [7, 11) is 0. The molecule has 0 bridgehead atoms. The van der Waals surface area contributed by atoms with Crippen molar-refractivity contribution < 1.29 is 0 Å². The van der Waals surface area contributed by atoms with Crippen LogP contribution in [0.15, 0.2) is 39.8 Å². The summed E-state index contributed by atoms with van der Waals surface area (Å²) < 4.78 is 5.04. The van der Waals surface area contributed by atoms with Crippen molar-refractivity contribution in [3.63, 3.8) is 0 Å². The molecule has 0 amide bonds. The molecular formula is C13H17N3S2. The Morgan fingerprint density at radius 2 is 2.17 bits per heavy atom. The first kappa shape index (κ1) is 13.5. The molecule has 0 saturated heterocycles. The van der Waals surface area contributed by atoms with Gasteiger partial charge in [-0.2, -0.15) is 4.37 Å². The maximum Gasteiger partial charge on any atom is 0.174 e. The van der Waals surface area contributed by atoms with E-state index in [4.69, 9.17) is 0 Å². The third kappa shape index (κ3) is 3.31. The van der Waals surface area contributed by atoms with Gasteiger partial charge in [0.05, 0.1) is 0 Å². The smallest absolute Gasteiger partial charge is 0.174 e. The van der Waals surface area contributed by atoms with Crippen LogP contribution in [0.1, 0.15) is 31.9 Å². The summed E-state index contributed by atoms with van der Waals surface area (Å²) >= 11 is 3.14. The summed E-state index contributed by atoms with van der Waals surface area (Å²) in [5, 5.41) is 3.52. The number of nitrogens with zero attached hydrogens (tertiary/aromatic N) is 2. The van der Waals surface area contributed by atoms with Crippen molar-refractivity contribution in [3.8, 4) is 0 Å². The maximum absolute atomic E-state index is 4.23. The Morgan fingerprint density at radius 3 is 2.83 bits per heavy atom. The first-order valence-electron chi connectivity index (χ1n) is 6.12. The third-order valence-corrected chi connectivity index (χ3v) is 4.50. The zero-order chi connectivity index (χ0) is 12.8. The van der Waals surface area contributed by atoms with Crippen molar-refractivity contribution in [1.29, 1.82) is 0 Å². The first-order chi connectivity index (χ1) is 8.85. The summed E-state index contributed by atoms with van der Waals surface area (Å²) in [5.74, 6) is 0. The largest absolute Gasteiger partial charge is 0.310 e. The Labute approximate surface area is 116 Å². The summed E-state index contributed by atoms with van der Waals surface area (Å²) in [4.78, 5) is 5.50. The number of benzene rings is 1. The lowest BCUT2D eigenvalue weighted by Crippen LogP contribution is -2.20. The number of hydrogen-bond acceptors (Lipinski definition) is 5. The Kier molecular flexibility index (Phi) is 5.16. The van der Waals surface area contributed by atoms with Crippen LogP contribution in [0.2, 0.25) is 0 Å². The fourth-order valence-corrected chi connectivity index (χ4v) is 3.47. The average molecular weight is 279 g/mol. The molecule has 1 heterocycles. The second kappa shape index (κ2) is 6.87. The quantitative estimate of drug-likeness (QED) is 0.874. The maximum atomic E-state index is 4.23. The molecular weight excluding hydrogens is 262 g/mol. The minimum Gasteiger partial charge on any atom is -0.310 e. The van der Waals surface area contributed by atoms with Gasteiger partial charge in [0.2, 0.25) is 0 Å². The molecule has 0 aliphatic carbocycles. The molecule has 96 valence electrons. The van der Waals surface area contributed by atoms with Gasteiger partial charge in [0, 0.05) is 10.9 Å². The average Bonchev–Trinajstić information content (AvgIpc) is 2.90. The fraction of sp³-hybridized carbons (Fsp3) is 0.385. The molecule has 0 spiro atoms. The van der Waals surface area contributed by atoms with E-state index in [2.05, 4.69) is 52.8 Å². The van der Waals surface area contributed by atoms with Crippen LogP contribution in [0.4, 0.5) is 0 Å². The van der Waals surface area contributed by atoms with Crippen molar-refractivity contribution >= 4 is 23.3 Å². The van der Waals surface area contributed by atoms with E-state index in [1.165, 1.54) is 22.0 Å². The van der Waals surface area contributed by atoms with Gasteiger partial charge in [0.15, 0.2) is 4.34 Å². The normalized spacial score (nSPS) is 12.6. The van der Waals surface area contributed by atoms with Crippen molar-refractivity contribution in [2.75, 3.05) is 6.54 Å². The van der Waals surface area contributed by atoms with Gasteiger partial charge >= 0.3 is 0 Å². The number of hydrogen-bond donors (Lipinski definition) is 1. The lowest BCUT2D eigenvalue weighted by atomic mass is 10.0. The molecule has 0 aliphatic heterocycles. The molecule has 0 radical (unpaired) electrons. The first-order valence-corrected chi connectivity index (χ1v) is 7.71. The van der Waals surface area contributed by atoms with Crippen LogP contribution < -0.4 is 5.32 Å². The number of rotatable bonds is 6. The van der Waals surface area contributed by atoms with Gasteiger partial charge in [-0.1, -0.05) is 43.8 Å². The molecule has 5 heteroatoms. The van der Waals surface area contributed by atoms with Gasteiger partial charge in [-0.3, -0.25) is 0 Å². The van der Waals surface area contributed by atoms with Gasteiger partial charge in [-0.15, -0.1) is 0 Å². The highest BCUT2D eigenvalue weighted by atomic mass is 32.2. The summed E-state index contributed by atoms with van der Waals surface area (Å²) in [5.41, 5.74) is 1.35. The van der Waals surface area contributed by atoms with Gasteiger partial charge < -0.3 is 5.32 Å². The van der Waals surface area contributed by atoms with Crippen LogP contribution >= 0.6 is 23.3 Å². The summed E-state index contributed by atoms with van der Waals surface area (Å²) in [6.45, 7) is 5.33. The predicted molar refractivity (Wildman–Crippen MR) is 77.2 cm³/mol. The molecule has 18 heavy (non-hydrogen) atoms. The van der Waals surface area contributed by atoms with Gasteiger partial charge in [-0.05, 0) is 36.1 Å². The molecule has 3 nitrogen and oxygen atoms in total. The molecule has 0 fully saturated rings. The predicted octanol–water partition coefficient (Wildman–Crippen LogP) is 3.75. The second-order valence-corrected chi connectivity index (χ2v) is 5.93. The zero-order valence-electron chi connectivity index (χ0n) is 10.6. The fourth-order valence-electron chi connectivity index (χ4n) is 1.88. The molecule has 1 N–H and O–H groups in total. The van der Waals surface area contributed by atoms with Crippen molar-refractivity contribution in [2.45, 2.75) is 35.5 Å². The van der Waals surface area contributed by atoms with E-state index in [0.717, 1.165) is 17.3 Å². The van der Waals surface area contributed by atoms with E-state index in [0.29, 0.717) is 6.04 Å². The molecule has 2 rings (SSSR count). The van der Waals surface area contributed by atoms with Crippen LogP contribution in [-0.2, 0) is 0 Å². The highest BCUT2D eigenvalue weighted by molar-refractivity contribution is 8.01. The Hall–Kier alpha value is -0.910. The molecule has 0 saturated carbocycles. The highest BCUT2D eigenvalue weighted by Crippen LogP contribution is 2.34. The standard InChI is InChI=1S/C13H17N3S2/c1-3-11(14-4-2)10-7-5-6-8-12(10)17-13-15-9-16-18-13/h5-9,11,14H,3-4H2,1-2H3. The van der Waals surface area contributed by atoms with E-state index in [9.17, 15) is 0 Å². The molecule has 0 aliphatic rings. The molecule has 1 aromatic carbocycles. The highest BCUT2D eigenvalue weighted by Gasteiger charge is 2.13. The zero-order valence-corrected chi connectivity index (χ0v) is 12.2. The van der Waals surface area contributed by atoms with Crippen LogP contribution in [0.25, 0.3) is 0 Å². The van der Waals surface area contributed by atoms with Crippen LogP contribution in [-0.4, -0.2) is 15.9 Å². The van der Waals surface area contributed by atoms with Crippen molar-refractivity contribution in [3.05, 3.63) is 36.2 Å². The number of aromatic nitrogens is 2. The monoisotopic (exact) mass is 279 g/mol. The van der Waals surface area contributed by atoms with Crippen LogP contribution in [0.5, 0.6) is 0 Å². The van der Waals surface area contributed by atoms with Crippen molar-refractivity contribution in [1.82, 2.24) is 14.7 Å². The Balaban J connectivity index is 2.24. The van der Waals surface area contributed by atoms with E-state index < -0.39 is 0 Å². The topological polar surface area (TPSA) is 37.8 Å². The molecule has 1 atom stereocenters. The lowest BCUT2D eigenvalue weighted by Gasteiger charge is -2.19. The minimum atomic E-state index is 0.409.